The number of anilines is 1. The Morgan fingerprint density at radius 2 is 2.29 bits per heavy atom. The van der Waals surface area contributed by atoms with Crippen molar-refractivity contribution in [2.75, 3.05) is 24.5 Å². The van der Waals surface area contributed by atoms with Crippen LogP contribution >= 0.6 is 11.3 Å². The van der Waals surface area contributed by atoms with E-state index in [-0.39, 0.29) is 0 Å². The number of thiophene rings is 1. The molecule has 5 heteroatoms. The minimum absolute atomic E-state index is 0.660. The Labute approximate surface area is 148 Å². The molecule has 0 spiro atoms. The normalized spacial score (nSPS) is 19.9. The van der Waals surface area contributed by atoms with E-state index in [0.717, 1.165) is 25.2 Å². The molecule has 24 heavy (non-hydrogen) atoms. The Hall–Kier alpha value is -1.85. The van der Waals surface area contributed by atoms with Gasteiger partial charge in [-0.15, -0.1) is 11.3 Å². The molecule has 0 bridgehead atoms. The second-order valence-corrected chi connectivity index (χ2v) is 7.41. The molecule has 1 unspecified atom stereocenters. The molecule has 1 atom stereocenters. The molecule has 2 aromatic rings. The van der Waals surface area contributed by atoms with E-state index in [1.165, 1.54) is 41.9 Å². The number of aryl methyl sites for hydroxylation is 2. The van der Waals surface area contributed by atoms with E-state index in [4.69, 9.17) is 5.73 Å². The van der Waals surface area contributed by atoms with Crippen molar-refractivity contribution in [3.63, 3.8) is 0 Å². The van der Waals surface area contributed by atoms with Crippen LogP contribution in [0.3, 0.4) is 0 Å². The third-order valence-corrected chi connectivity index (χ3v) is 5.38. The summed E-state index contributed by atoms with van der Waals surface area (Å²) in [6.45, 7) is 5.54. The second-order valence-electron chi connectivity index (χ2n) is 6.26. The molecule has 0 saturated carbocycles. The molecule has 0 amide bonds. The van der Waals surface area contributed by atoms with E-state index in [1.54, 1.807) is 11.3 Å². The molecule has 3 heterocycles. The molecule has 1 fully saturated rings. The van der Waals surface area contributed by atoms with Crippen molar-refractivity contribution < 1.29 is 0 Å². The third kappa shape index (κ3) is 4.16. The summed E-state index contributed by atoms with van der Waals surface area (Å²) < 4.78 is 0. The monoisotopic (exact) mass is 342 g/mol. The van der Waals surface area contributed by atoms with Crippen LogP contribution in [0.1, 0.15) is 23.3 Å². The van der Waals surface area contributed by atoms with Gasteiger partial charge in [0.1, 0.15) is 0 Å². The van der Waals surface area contributed by atoms with Gasteiger partial charge in [-0.05, 0) is 67.9 Å². The van der Waals surface area contributed by atoms with Crippen molar-refractivity contribution in [3.8, 4) is 0 Å². The van der Waals surface area contributed by atoms with Gasteiger partial charge in [-0.1, -0.05) is 6.07 Å². The van der Waals surface area contributed by atoms with Crippen LogP contribution in [0.2, 0.25) is 0 Å². The van der Waals surface area contributed by atoms with Crippen LogP contribution in [0.25, 0.3) is 0 Å². The SMILES string of the molecule is Cc1cccs1.NC=Nc1ccc2c(c1)CCCN2C1CCNC1. The van der Waals surface area contributed by atoms with Gasteiger partial charge in [0.25, 0.3) is 0 Å². The minimum Gasteiger partial charge on any atom is -0.390 e. The van der Waals surface area contributed by atoms with Crippen LogP contribution in [-0.2, 0) is 6.42 Å². The minimum atomic E-state index is 0.660. The molecular weight excluding hydrogens is 316 g/mol. The van der Waals surface area contributed by atoms with Crippen LogP contribution in [-0.4, -0.2) is 32.0 Å². The first kappa shape index (κ1) is 17.0. The fraction of sp³-hybridized carbons (Fsp3) is 0.421. The molecular formula is C19H26N4S. The Morgan fingerprint density at radius 3 is 2.92 bits per heavy atom. The zero-order valence-corrected chi connectivity index (χ0v) is 15.1. The average molecular weight is 343 g/mol. The first-order chi connectivity index (χ1) is 11.8. The number of hydrogen-bond acceptors (Lipinski definition) is 4. The van der Waals surface area contributed by atoms with Crippen molar-refractivity contribution in [1.29, 1.82) is 0 Å². The molecule has 0 radical (unpaired) electrons. The number of benzene rings is 1. The number of fused-ring (bicyclic) bond motifs is 1. The fourth-order valence-corrected chi connectivity index (χ4v) is 3.95. The van der Waals surface area contributed by atoms with E-state index in [2.05, 4.69) is 57.8 Å². The lowest BCUT2D eigenvalue weighted by Gasteiger charge is -2.36. The zero-order chi connectivity index (χ0) is 16.8. The summed E-state index contributed by atoms with van der Waals surface area (Å²) in [4.78, 5) is 8.11. The van der Waals surface area contributed by atoms with Crippen LogP contribution in [0.4, 0.5) is 11.4 Å². The highest BCUT2D eigenvalue weighted by molar-refractivity contribution is 7.09. The van der Waals surface area contributed by atoms with Gasteiger partial charge in [-0.3, -0.25) is 0 Å². The van der Waals surface area contributed by atoms with E-state index in [9.17, 15) is 0 Å². The Morgan fingerprint density at radius 1 is 1.38 bits per heavy atom. The highest BCUT2D eigenvalue weighted by atomic mass is 32.1. The van der Waals surface area contributed by atoms with Gasteiger partial charge < -0.3 is 16.0 Å². The van der Waals surface area contributed by atoms with Crippen molar-refractivity contribution in [3.05, 3.63) is 46.2 Å². The van der Waals surface area contributed by atoms with Gasteiger partial charge in [0.05, 0.1) is 12.0 Å². The van der Waals surface area contributed by atoms with E-state index < -0.39 is 0 Å². The number of hydrogen-bond donors (Lipinski definition) is 2. The Kier molecular flexibility index (Phi) is 5.88. The van der Waals surface area contributed by atoms with Crippen molar-refractivity contribution in [2.24, 2.45) is 10.7 Å². The summed E-state index contributed by atoms with van der Waals surface area (Å²) in [5.41, 5.74) is 9.12. The van der Waals surface area contributed by atoms with Crippen LogP contribution in [0, 0.1) is 6.92 Å². The lowest BCUT2D eigenvalue weighted by atomic mass is 9.99. The number of rotatable bonds is 2. The number of nitrogens with zero attached hydrogens (tertiary/aromatic N) is 2. The zero-order valence-electron chi connectivity index (χ0n) is 14.2. The predicted octanol–water partition coefficient (Wildman–Crippen LogP) is 3.48. The molecule has 4 nitrogen and oxygen atoms in total. The summed E-state index contributed by atoms with van der Waals surface area (Å²) in [7, 11) is 0. The highest BCUT2D eigenvalue weighted by Gasteiger charge is 2.26. The molecule has 3 N–H and O–H groups in total. The first-order valence-corrected chi connectivity index (χ1v) is 9.50. The maximum Gasteiger partial charge on any atom is 0.0860 e. The quantitative estimate of drug-likeness (QED) is 0.649. The van der Waals surface area contributed by atoms with Crippen LogP contribution in [0.15, 0.2) is 40.7 Å². The molecule has 1 saturated heterocycles. The van der Waals surface area contributed by atoms with Gasteiger partial charge in [0.15, 0.2) is 0 Å². The maximum absolute atomic E-state index is 5.35. The largest absolute Gasteiger partial charge is 0.390 e. The van der Waals surface area contributed by atoms with E-state index >= 15 is 0 Å². The fourth-order valence-electron chi connectivity index (χ4n) is 3.42. The van der Waals surface area contributed by atoms with Gasteiger partial charge in [-0.2, -0.15) is 0 Å². The molecule has 128 valence electrons. The lowest BCUT2D eigenvalue weighted by Crippen LogP contribution is -2.40. The van der Waals surface area contributed by atoms with Crippen molar-refractivity contribution in [2.45, 2.75) is 32.2 Å². The van der Waals surface area contributed by atoms with Gasteiger partial charge in [0.2, 0.25) is 0 Å². The lowest BCUT2D eigenvalue weighted by molar-refractivity contribution is 0.592. The smallest absolute Gasteiger partial charge is 0.0860 e. The predicted molar refractivity (Wildman–Crippen MR) is 105 cm³/mol. The first-order valence-electron chi connectivity index (χ1n) is 8.62. The van der Waals surface area contributed by atoms with Crippen LogP contribution in [0.5, 0.6) is 0 Å². The summed E-state index contributed by atoms with van der Waals surface area (Å²) in [6, 6.07) is 11.3. The van der Waals surface area contributed by atoms with Gasteiger partial charge in [-0.25, -0.2) is 4.99 Å². The van der Waals surface area contributed by atoms with Crippen molar-refractivity contribution in [1.82, 2.24) is 5.32 Å². The summed E-state index contributed by atoms with van der Waals surface area (Å²) in [6.07, 6.45) is 5.00. The molecule has 2 aliphatic heterocycles. The summed E-state index contributed by atoms with van der Waals surface area (Å²) in [5, 5.41) is 5.53. The van der Waals surface area contributed by atoms with E-state index in [1.807, 2.05) is 0 Å². The Bertz CT molecular complexity index is 660. The molecule has 4 rings (SSSR count). The molecule has 2 aliphatic rings. The number of aliphatic imine (C=N–C) groups is 1. The van der Waals surface area contributed by atoms with Crippen molar-refractivity contribution >= 4 is 29.1 Å². The maximum atomic E-state index is 5.35. The van der Waals surface area contributed by atoms with Crippen LogP contribution < -0.4 is 16.0 Å². The van der Waals surface area contributed by atoms with Gasteiger partial charge >= 0.3 is 0 Å². The average Bonchev–Trinajstić information content (AvgIpc) is 3.28. The summed E-state index contributed by atoms with van der Waals surface area (Å²) >= 11 is 1.78. The number of nitrogens with two attached hydrogens (primary N) is 1. The molecule has 0 aliphatic carbocycles. The van der Waals surface area contributed by atoms with Gasteiger partial charge in [0, 0.05) is 29.7 Å². The Balaban J connectivity index is 0.000000238. The standard InChI is InChI=1S/C14H20N4.C5H6S/c15-10-17-12-3-4-14-11(8-12)2-1-7-18(14)13-5-6-16-9-13;1-5-3-2-4-6-5/h3-4,8,10,13,16H,1-2,5-7,9H2,(H2,15,17);2-4H,1H3. The molecule has 1 aromatic carbocycles. The molecule has 1 aromatic heterocycles. The highest BCUT2D eigenvalue weighted by Crippen LogP contribution is 2.32. The topological polar surface area (TPSA) is 53.6 Å². The number of nitrogens with one attached hydrogen (secondary N) is 1. The van der Waals surface area contributed by atoms with E-state index in [0.29, 0.717) is 6.04 Å². The third-order valence-electron chi connectivity index (χ3n) is 4.58. The summed E-state index contributed by atoms with van der Waals surface area (Å²) in [5.74, 6) is 0. The second kappa shape index (κ2) is 8.31.